The predicted octanol–water partition coefficient (Wildman–Crippen LogP) is 3.22. The largest absolute Gasteiger partial charge is 0.348 e. The van der Waals surface area contributed by atoms with E-state index < -0.39 is 17.1 Å². The number of amides is 1. The second kappa shape index (κ2) is 8.20. The van der Waals surface area contributed by atoms with E-state index in [1.807, 2.05) is 18.2 Å². The molecule has 1 aliphatic carbocycles. The summed E-state index contributed by atoms with van der Waals surface area (Å²) in [5.74, 6) is -0.675. The van der Waals surface area contributed by atoms with Gasteiger partial charge in [-0.15, -0.1) is 11.3 Å². The number of halogens is 1. The number of aryl methyl sites for hydroxylation is 1. The van der Waals surface area contributed by atoms with Crippen LogP contribution in [0.1, 0.15) is 29.2 Å². The molecule has 1 atom stereocenters. The Bertz CT molecular complexity index is 1440. The maximum Gasteiger partial charge on any atom is 0.332 e. The van der Waals surface area contributed by atoms with Gasteiger partial charge >= 0.3 is 5.69 Å². The standard InChI is InChI=1S/C24H20FN3O3S/c25-17-8-5-15(6-9-17)13-28-23(30)22-20(11-12-32-22)27(24(28)31)14-21(29)26-19-10-7-16-3-1-2-4-18(16)19/h1-6,8-9,11-12,19H,7,10,13-14H2,(H,26,29)/t19-/m0/s1. The van der Waals surface area contributed by atoms with Crippen LogP contribution in [0, 0.1) is 5.82 Å². The minimum absolute atomic E-state index is 0.00338. The summed E-state index contributed by atoms with van der Waals surface area (Å²) in [4.78, 5) is 39.0. The maximum absolute atomic E-state index is 13.2. The lowest BCUT2D eigenvalue weighted by Crippen LogP contribution is -2.42. The number of benzene rings is 2. The Balaban J connectivity index is 1.46. The monoisotopic (exact) mass is 449 g/mol. The maximum atomic E-state index is 13.2. The third kappa shape index (κ3) is 3.67. The summed E-state index contributed by atoms with van der Waals surface area (Å²) >= 11 is 1.23. The molecule has 162 valence electrons. The van der Waals surface area contributed by atoms with Crippen molar-refractivity contribution in [3.63, 3.8) is 0 Å². The molecule has 0 spiro atoms. The van der Waals surface area contributed by atoms with Crippen molar-refractivity contribution in [1.82, 2.24) is 14.5 Å². The molecule has 0 unspecified atom stereocenters. The number of rotatable bonds is 5. The van der Waals surface area contributed by atoms with Gasteiger partial charge in [-0.3, -0.25) is 18.7 Å². The van der Waals surface area contributed by atoms with Crippen LogP contribution in [0.5, 0.6) is 0 Å². The first-order chi connectivity index (χ1) is 15.5. The summed E-state index contributed by atoms with van der Waals surface area (Å²) in [7, 11) is 0. The van der Waals surface area contributed by atoms with E-state index in [2.05, 4.69) is 11.4 Å². The van der Waals surface area contributed by atoms with Gasteiger partial charge in [0.25, 0.3) is 5.56 Å². The van der Waals surface area contributed by atoms with E-state index in [0.29, 0.717) is 15.8 Å². The van der Waals surface area contributed by atoms with Gasteiger partial charge in [-0.1, -0.05) is 36.4 Å². The molecule has 0 fully saturated rings. The molecule has 2 aromatic heterocycles. The zero-order chi connectivity index (χ0) is 22.2. The van der Waals surface area contributed by atoms with Gasteiger partial charge in [-0.25, -0.2) is 9.18 Å². The fourth-order valence-corrected chi connectivity index (χ4v) is 5.13. The van der Waals surface area contributed by atoms with Crippen LogP contribution in [0.2, 0.25) is 0 Å². The molecule has 5 rings (SSSR count). The van der Waals surface area contributed by atoms with Gasteiger partial charge in [-0.05, 0) is 53.1 Å². The molecule has 8 heteroatoms. The van der Waals surface area contributed by atoms with Crippen LogP contribution in [0.15, 0.2) is 69.6 Å². The van der Waals surface area contributed by atoms with Crippen LogP contribution < -0.4 is 16.6 Å². The molecule has 0 radical (unpaired) electrons. The second-order valence-corrected chi connectivity index (χ2v) is 8.80. The lowest BCUT2D eigenvalue weighted by molar-refractivity contribution is -0.122. The molecule has 2 heterocycles. The van der Waals surface area contributed by atoms with Gasteiger partial charge in [0.05, 0.1) is 18.1 Å². The van der Waals surface area contributed by atoms with Gasteiger partial charge in [0, 0.05) is 0 Å². The van der Waals surface area contributed by atoms with Crippen molar-refractivity contribution in [1.29, 1.82) is 0 Å². The average molecular weight is 450 g/mol. The van der Waals surface area contributed by atoms with Crippen molar-refractivity contribution >= 4 is 27.5 Å². The SMILES string of the molecule is O=C(Cn1c(=O)n(Cc2ccc(F)cc2)c(=O)c2sccc21)N[C@H]1CCc2ccccc21. The van der Waals surface area contributed by atoms with Crippen LogP contribution in [-0.2, 0) is 24.3 Å². The molecule has 1 aliphatic rings. The fraction of sp³-hybridized carbons (Fsp3) is 0.208. The van der Waals surface area contributed by atoms with E-state index in [-0.39, 0.29) is 25.0 Å². The Hall–Kier alpha value is -3.52. The van der Waals surface area contributed by atoms with E-state index >= 15 is 0 Å². The van der Waals surface area contributed by atoms with E-state index in [1.54, 1.807) is 11.4 Å². The highest BCUT2D eigenvalue weighted by molar-refractivity contribution is 7.17. The van der Waals surface area contributed by atoms with Crippen molar-refractivity contribution in [3.8, 4) is 0 Å². The molecular weight excluding hydrogens is 429 g/mol. The summed E-state index contributed by atoms with van der Waals surface area (Å²) in [5, 5.41) is 4.76. The Morgan fingerprint density at radius 2 is 1.84 bits per heavy atom. The Morgan fingerprint density at radius 1 is 1.06 bits per heavy atom. The predicted molar refractivity (Wildman–Crippen MR) is 121 cm³/mol. The third-order valence-corrected chi connectivity index (χ3v) is 6.75. The molecule has 0 aliphatic heterocycles. The Labute approximate surface area is 186 Å². The molecule has 1 N–H and O–H groups in total. The lowest BCUT2D eigenvalue weighted by Gasteiger charge is -2.16. The number of nitrogens with zero attached hydrogens (tertiary/aromatic N) is 2. The van der Waals surface area contributed by atoms with Crippen LogP contribution in [0.4, 0.5) is 4.39 Å². The Morgan fingerprint density at radius 3 is 2.66 bits per heavy atom. The van der Waals surface area contributed by atoms with Crippen LogP contribution in [0.25, 0.3) is 10.2 Å². The van der Waals surface area contributed by atoms with Gasteiger partial charge in [0.2, 0.25) is 5.91 Å². The number of nitrogens with one attached hydrogen (secondary N) is 1. The first-order valence-electron chi connectivity index (χ1n) is 10.3. The summed E-state index contributed by atoms with van der Waals surface area (Å²) in [6, 6.07) is 15.3. The van der Waals surface area contributed by atoms with Crippen molar-refractivity contribution in [2.45, 2.75) is 32.0 Å². The summed E-state index contributed by atoms with van der Waals surface area (Å²) in [6.45, 7) is -0.183. The summed E-state index contributed by atoms with van der Waals surface area (Å²) < 4.78 is 16.1. The van der Waals surface area contributed by atoms with Crippen molar-refractivity contribution in [2.24, 2.45) is 0 Å². The van der Waals surface area contributed by atoms with Gasteiger partial charge < -0.3 is 5.32 Å². The van der Waals surface area contributed by atoms with Crippen LogP contribution in [-0.4, -0.2) is 15.0 Å². The van der Waals surface area contributed by atoms with Gasteiger partial charge in [-0.2, -0.15) is 0 Å². The molecule has 1 amide bonds. The van der Waals surface area contributed by atoms with Crippen LogP contribution >= 0.6 is 11.3 Å². The highest BCUT2D eigenvalue weighted by Crippen LogP contribution is 2.30. The molecular formula is C24H20FN3O3S. The number of carbonyl (C=O) groups is 1. The van der Waals surface area contributed by atoms with E-state index in [1.165, 1.54) is 45.7 Å². The molecule has 32 heavy (non-hydrogen) atoms. The summed E-state index contributed by atoms with van der Waals surface area (Å²) in [5.41, 5.74) is 2.43. The highest BCUT2D eigenvalue weighted by atomic mass is 32.1. The second-order valence-electron chi connectivity index (χ2n) is 7.88. The average Bonchev–Trinajstić information content (AvgIpc) is 3.43. The smallest absolute Gasteiger partial charge is 0.332 e. The molecule has 0 saturated heterocycles. The quantitative estimate of drug-likeness (QED) is 0.509. The number of aromatic nitrogens is 2. The molecule has 0 saturated carbocycles. The number of hydrogen-bond donors (Lipinski definition) is 1. The summed E-state index contributed by atoms with van der Waals surface area (Å²) in [6.07, 6.45) is 1.72. The highest BCUT2D eigenvalue weighted by Gasteiger charge is 2.24. The van der Waals surface area contributed by atoms with Crippen molar-refractivity contribution in [2.75, 3.05) is 0 Å². The first-order valence-corrected chi connectivity index (χ1v) is 11.2. The topological polar surface area (TPSA) is 73.1 Å². The van der Waals surface area contributed by atoms with E-state index in [0.717, 1.165) is 23.0 Å². The Kier molecular flexibility index (Phi) is 5.22. The zero-order valence-electron chi connectivity index (χ0n) is 17.1. The zero-order valence-corrected chi connectivity index (χ0v) is 17.9. The minimum atomic E-state index is -0.563. The molecule has 4 aromatic rings. The first kappa shape index (κ1) is 20.4. The van der Waals surface area contributed by atoms with Gasteiger partial charge in [0.1, 0.15) is 17.1 Å². The van der Waals surface area contributed by atoms with Crippen molar-refractivity contribution < 1.29 is 9.18 Å². The number of hydrogen-bond acceptors (Lipinski definition) is 4. The van der Waals surface area contributed by atoms with E-state index in [9.17, 15) is 18.8 Å². The normalized spacial score (nSPS) is 15.1. The van der Waals surface area contributed by atoms with Crippen LogP contribution in [0.3, 0.4) is 0 Å². The number of carbonyl (C=O) groups excluding carboxylic acids is 1. The molecule has 2 aromatic carbocycles. The molecule has 6 nitrogen and oxygen atoms in total. The minimum Gasteiger partial charge on any atom is -0.348 e. The fourth-order valence-electron chi connectivity index (χ4n) is 4.29. The molecule has 0 bridgehead atoms. The number of fused-ring (bicyclic) bond motifs is 2. The third-order valence-electron chi connectivity index (χ3n) is 5.86. The van der Waals surface area contributed by atoms with Gasteiger partial charge in [0.15, 0.2) is 0 Å². The lowest BCUT2D eigenvalue weighted by atomic mass is 10.1. The van der Waals surface area contributed by atoms with Crippen molar-refractivity contribution in [3.05, 3.63) is 103 Å². The number of thiophene rings is 1. The van der Waals surface area contributed by atoms with E-state index in [4.69, 9.17) is 0 Å².